The quantitative estimate of drug-likeness (QED) is 0.575. The predicted octanol–water partition coefficient (Wildman–Crippen LogP) is 2.61. The minimum atomic E-state index is -0.994. The molecule has 0 heterocycles. The SMILES string of the molecule is CCCC(C)(Oc1ccc(C=O)cc1)C(=O)OC. The first-order valence-corrected chi connectivity index (χ1v) is 5.88. The lowest BCUT2D eigenvalue weighted by Gasteiger charge is -2.27. The molecule has 1 rings (SSSR count). The first kappa shape index (κ1) is 14.2. The lowest BCUT2D eigenvalue weighted by molar-refractivity contribution is -0.158. The summed E-state index contributed by atoms with van der Waals surface area (Å²) in [7, 11) is 1.34. The van der Waals surface area contributed by atoms with Crippen molar-refractivity contribution in [2.24, 2.45) is 0 Å². The van der Waals surface area contributed by atoms with Crippen LogP contribution in [0.15, 0.2) is 24.3 Å². The van der Waals surface area contributed by atoms with Crippen molar-refractivity contribution in [2.45, 2.75) is 32.3 Å². The van der Waals surface area contributed by atoms with E-state index in [0.29, 0.717) is 17.7 Å². The maximum atomic E-state index is 11.7. The predicted molar refractivity (Wildman–Crippen MR) is 67.8 cm³/mol. The van der Waals surface area contributed by atoms with Crippen molar-refractivity contribution in [1.29, 1.82) is 0 Å². The molecule has 18 heavy (non-hydrogen) atoms. The normalized spacial score (nSPS) is 13.5. The lowest BCUT2D eigenvalue weighted by Crippen LogP contribution is -2.42. The van der Waals surface area contributed by atoms with Crippen LogP contribution in [0.3, 0.4) is 0 Å². The fourth-order valence-electron chi connectivity index (χ4n) is 1.76. The highest BCUT2D eigenvalue weighted by Crippen LogP contribution is 2.24. The number of methoxy groups -OCH3 is 1. The Bertz CT molecular complexity index is 410. The van der Waals surface area contributed by atoms with Crippen LogP contribution in [0.2, 0.25) is 0 Å². The first-order valence-electron chi connectivity index (χ1n) is 5.88. The second-order valence-corrected chi connectivity index (χ2v) is 4.26. The van der Waals surface area contributed by atoms with E-state index in [1.165, 1.54) is 7.11 Å². The van der Waals surface area contributed by atoms with Crippen LogP contribution in [0, 0.1) is 0 Å². The van der Waals surface area contributed by atoms with Gasteiger partial charge in [0.1, 0.15) is 12.0 Å². The van der Waals surface area contributed by atoms with Crippen molar-refractivity contribution < 1.29 is 19.1 Å². The molecular weight excluding hydrogens is 232 g/mol. The standard InChI is InChI=1S/C14H18O4/c1-4-9-14(2,13(16)17-3)18-12-7-5-11(10-15)6-8-12/h5-8,10H,4,9H2,1-3H3. The molecule has 0 bridgehead atoms. The zero-order chi connectivity index (χ0) is 13.6. The zero-order valence-electron chi connectivity index (χ0n) is 10.9. The van der Waals surface area contributed by atoms with E-state index in [-0.39, 0.29) is 0 Å². The Balaban J connectivity index is 2.88. The third-order valence-electron chi connectivity index (χ3n) is 2.70. The fraction of sp³-hybridized carbons (Fsp3) is 0.429. The van der Waals surface area contributed by atoms with Gasteiger partial charge in [0.05, 0.1) is 7.11 Å². The molecule has 0 saturated heterocycles. The smallest absolute Gasteiger partial charge is 0.349 e. The van der Waals surface area contributed by atoms with Gasteiger partial charge in [-0.15, -0.1) is 0 Å². The van der Waals surface area contributed by atoms with Gasteiger partial charge in [-0.1, -0.05) is 13.3 Å². The molecule has 0 fully saturated rings. The number of benzene rings is 1. The summed E-state index contributed by atoms with van der Waals surface area (Å²) in [5, 5.41) is 0. The van der Waals surface area contributed by atoms with E-state index in [4.69, 9.17) is 9.47 Å². The van der Waals surface area contributed by atoms with Crippen molar-refractivity contribution in [2.75, 3.05) is 7.11 Å². The maximum absolute atomic E-state index is 11.7. The number of aldehydes is 1. The molecular formula is C14H18O4. The molecule has 0 saturated carbocycles. The summed E-state index contributed by atoms with van der Waals surface area (Å²) in [6, 6.07) is 6.62. The molecule has 1 unspecified atom stereocenters. The van der Waals surface area contributed by atoms with Crippen LogP contribution in [-0.2, 0) is 9.53 Å². The van der Waals surface area contributed by atoms with E-state index in [1.807, 2.05) is 6.92 Å². The Morgan fingerprint density at radius 2 is 1.94 bits per heavy atom. The van der Waals surface area contributed by atoms with Gasteiger partial charge in [0, 0.05) is 5.56 Å². The second-order valence-electron chi connectivity index (χ2n) is 4.26. The van der Waals surface area contributed by atoms with Crippen LogP contribution in [0.25, 0.3) is 0 Å². The molecule has 0 aromatic heterocycles. The highest BCUT2D eigenvalue weighted by molar-refractivity contribution is 5.79. The molecule has 98 valence electrons. The number of carbonyl (C=O) groups excluding carboxylic acids is 2. The van der Waals surface area contributed by atoms with Crippen LogP contribution in [0.5, 0.6) is 5.75 Å². The van der Waals surface area contributed by atoms with Crippen LogP contribution in [-0.4, -0.2) is 25.0 Å². The second kappa shape index (κ2) is 6.19. The van der Waals surface area contributed by atoms with Gasteiger partial charge < -0.3 is 9.47 Å². The van der Waals surface area contributed by atoms with Gasteiger partial charge in [0.2, 0.25) is 5.60 Å². The molecule has 0 aliphatic rings. The Labute approximate surface area is 107 Å². The number of hydrogen-bond acceptors (Lipinski definition) is 4. The Morgan fingerprint density at radius 3 is 2.39 bits per heavy atom. The molecule has 1 atom stereocenters. The highest BCUT2D eigenvalue weighted by atomic mass is 16.6. The molecule has 0 aliphatic heterocycles. The molecule has 1 aromatic rings. The van der Waals surface area contributed by atoms with Crippen LogP contribution in [0.1, 0.15) is 37.0 Å². The number of hydrogen-bond donors (Lipinski definition) is 0. The number of carbonyl (C=O) groups is 2. The van der Waals surface area contributed by atoms with E-state index < -0.39 is 11.6 Å². The monoisotopic (exact) mass is 250 g/mol. The third-order valence-corrected chi connectivity index (χ3v) is 2.70. The summed E-state index contributed by atoms with van der Waals surface area (Å²) in [5.41, 5.74) is -0.427. The van der Waals surface area contributed by atoms with Gasteiger partial charge in [-0.2, -0.15) is 0 Å². The van der Waals surface area contributed by atoms with Crippen molar-refractivity contribution >= 4 is 12.3 Å². The largest absolute Gasteiger partial charge is 0.476 e. The van der Waals surface area contributed by atoms with Crippen LogP contribution >= 0.6 is 0 Å². The van der Waals surface area contributed by atoms with Gasteiger partial charge in [0.15, 0.2) is 0 Å². The fourth-order valence-corrected chi connectivity index (χ4v) is 1.76. The summed E-state index contributed by atoms with van der Waals surface area (Å²) in [6.45, 7) is 3.68. The highest BCUT2D eigenvalue weighted by Gasteiger charge is 2.35. The van der Waals surface area contributed by atoms with Gasteiger partial charge in [-0.25, -0.2) is 4.79 Å². The molecule has 4 nitrogen and oxygen atoms in total. The van der Waals surface area contributed by atoms with Gasteiger partial charge in [0.25, 0.3) is 0 Å². The van der Waals surface area contributed by atoms with Crippen molar-refractivity contribution in [3.63, 3.8) is 0 Å². The molecule has 0 spiro atoms. The minimum Gasteiger partial charge on any atom is -0.476 e. The van der Waals surface area contributed by atoms with E-state index in [1.54, 1.807) is 31.2 Å². The van der Waals surface area contributed by atoms with E-state index in [9.17, 15) is 9.59 Å². The van der Waals surface area contributed by atoms with Gasteiger partial charge >= 0.3 is 5.97 Å². The molecule has 4 heteroatoms. The summed E-state index contributed by atoms with van der Waals surface area (Å²) in [4.78, 5) is 22.3. The van der Waals surface area contributed by atoms with Crippen LogP contribution in [0.4, 0.5) is 0 Å². The molecule has 1 aromatic carbocycles. The van der Waals surface area contributed by atoms with Gasteiger partial charge in [-0.3, -0.25) is 4.79 Å². The lowest BCUT2D eigenvalue weighted by atomic mass is 10.0. The van der Waals surface area contributed by atoms with E-state index in [0.717, 1.165) is 12.7 Å². The topological polar surface area (TPSA) is 52.6 Å². The first-order chi connectivity index (χ1) is 8.55. The van der Waals surface area contributed by atoms with E-state index >= 15 is 0 Å². The molecule has 0 aliphatic carbocycles. The average molecular weight is 250 g/mol. The zero-order valence-corrected chi connectivity index (χ0v) is 10.9. The van der Waals surface area contributed by atoms with Crippen molar-refractivity contribution in [3.8, 4) is 5.75 Å². The number of esters is 1. The molecule has 0 amide bonds. The van der Waals surface area contributed by atoms with Gasteiger partial charge in [-0.05, 0) is 37.6 Å². The average Bonchev–Trinajstić information content (AvgIpc) is 2.39. The van der Waals surface area contributed by atoms with Crippen molar-refractivity contribution in [3.05, 3.63) is 29.8 Å². The molecule has 0 radical (unpaired) electrons. The summed E-state index contributed by atoms with van der Waals surface area (Å²) in [5.74, 6) is 0.144. The summed E-state index contributed by atoms with van der Waals surface area (Å²) >= 11 is 0. The third kappa shape index (κ3) is 3.32. The van der Waals surface area contributed by atoms with Crippen LogP contribution < -0.4 is 4.74 Å². The number of rotatable bonds is 6. The summed E-state index contributed by atoms with van der Waals surface area (Å²) < 4.78 is 10.5. The Morgan fingerprint density at radius 1 is 1.33 bits per heavy atom. The number of ether oxygens (including phenoxy) is 2. The molecule has 0 N–H and O–H groups in total. The minimum absolute atomic E-state index is 0.399. The van der Waals surface area contributed by atoms with Crippen molar-refractivity contribution in [1.82, 2.24) is 0 Å². The van der Waals surface area contributed by atoms with E-state index in [2.05, 4.69) is 0 Å². The maximum Gasteiger partial charge on any atom is 0.349 e. The Hall–Kier alpha value is -1.84. The summed E-state index contributed by atoms with van der Waals surface area (Å²) in [6.07, 6.45) is 2.13. The Kier molecular flexibility index (Phi) is 4.89.